The zero-order valence-electron chi connectivity index (χ0n) is 13.3. The van der Waals surface area contributed by atoms with E-state index in [0.717, 1.165) is 24.8 Å². The molecule has 3 N–H and O–H groups in total. The van der Waals surface area contributed by atoms with E-state index in [1.807, 2.05) is 12.1 Å². The number of nitrogens with two attached hydrogens (primary N) is 1. The largest absolute Gasteiger partial charge is 0.384 e. The molecule has 1 aromatic heterocycles. The van der Waals surface area contributed by atoms with E-state index >= 15 is 0 Å². The number of hydrogen-bond donors (Lipinski definition) is 2. The summed E-state index contributed by atoms with van der Waals surface area (Å²) in [5, 5.41) is 18.6. The number of nitriles is 2. The minimum Gasteiger partial charge on any atom is -0.384 e. The van der Waals surface area contributed by atoms with Crippen LogP contribution in [0.5, 0.6) is 0 Å². The van der Waals surface area contributed by atoms with Crippen LogP contribution in [0.1, 0.15) is 42.9 Å². The van der Waals surface area contributed by atoms with Gasteiger partial charge < -0.3 is 10.7 Å². The van der Waals surface area contributed by atoms with Gasteiger partial charge in [0.05, 0.1) is 0 Å². The first kappa shape index (κ1) is 16.9. The van der Waals surface area contributed by atoms with Crippen LogP contribution in [0.25, 0.3) is 11.1 Å². The second kappa shape index (κ2) is 7.68. The van der Waals surface area contributed by atoms with Crippen molar-refractivity contribution in [2.24, 2.45) is 0 Å². The lowest BCUT2D eigenvalue weighted by molar-refractivity contribution is 0.828. The van der Waals surface area contributed by atoms with Gasteiger partial charge in [-0.3, -0.25) is 4.79 Å². The summed E-state index contributed by atoms with van der Waals surface area (Å²) in [4.78, 5) is 14.2. The first-order valence-corrected chi connectivity index (χ1v) is 7.57. The van der Waals surface area contributed by atoms with Crippen molar-refractivity contribution in [1.29, 1.82) is 10.5 Å². The summed E-state index contributed by atoms with van der Waals surface area (Å²) in [5.74, 6) is 6.12. The zero-order chi connectivity index (χ0) is 17.5. The fourth-order valence-corrected chi connectivity index (χ4v) is 2.28. The van der Waals surface area contributed by atoms with Crippen LogP contribution in [0.3, 0.4) is 0 Å². The van der Waals surface area contributed by atoms with E-state index < -0.39 is 5.56 Å². The van der Waals surface area contributed by atoms with E-state index in [0.29, 0.717) is 5.56 Å². The van der Waals surface area contributed by atoms with Crippen molar-refractivity contribution in [3.63, 3.8) is 0 Å². The SMILES string of the molecule is CCCCC#Cc1ccc(-c2c(C#N)c(N)[nH]c(=O)c2C#N)cc1. The van der Waals surface area contributed by atoms with Gasteiger partial charge in [0.25, 0.3) is 5.56 Å². The highest BCUT2D eigenvalue weighted by molar-refractivity contribution is 5.80. The maximum atomic E-state index is 11.9. The number of nitrogen functional groups attached to an aromatic ring is 1. The van der Waals surface area contributed by atoms with Crippen LogP contribution in [0.4, 0.5) is 5.82 Å². The highest BCUT2D eigenvalue weighted by Crippen LogP contribution is 2.28. The molecule has 0 bridgehead atoms. The maximum Gasteiger partial charge on any atom is 0.268 e. The minimum absolute atomic E-state index is 0.0417. The van der Waals surface area contributed by atoms with Crippen LogP contribution in [0.2, 0.25) is 0 Å². The molecule has 0 aliphatic carbocycles. The molecule has 0 radical (unpaired) electrons. The summed E-state index contributed by atoms with van der Waals surface area (Å²) in [5.41, 5.74) is 6.75. The minimum atomic E-state index is -0.604. The summed E-state index contributed by atoms with van der Waals surface area (Å²) in [6, 6.07) is 10.9. The fraction of sp³-hybridized carbons (Fsp3) is 0.211. The highest BCUT2D eigenvalue weighted by Gasteiger charge is 2.17. The van der Waals surface area contributed by atoms with E-state index in [9.17, 15) is 15.3 Å². The third-order valence-corrected chi connectivity index (χ3v) is 3.53. The summed E-state index contributed by atoms with van der Waals surface area (Å²) in [6.07, 6.45) is 3.01. The predicted molar refractivity (Wildman–Crippen MR) is 92.7 cm³/mol. The molecule has 5 nitrogen and oxygen atoms in total. The number of aromatic amines is 1. The first-order valence-electron chi connectivity index (χ1n) is 7.57. The molecule has 0 saturated carbocycles. The van der Waals surface area contributed by atoms with Gasteiger partial charge >= 0.3 is 0 Å². The molecule has 1 heterocycles. The lowest BCUT2D eigenvalue weighted by Gasteiger charge is -2.08. The number of aromatic nitrogens is 1. The standard InChI is InChI=1S/C19H16N4O/c1-2-3-4-5-6-13-7-9-14(10-8-13)17-15(11-20)18(22)23-19(24)16(17)12-21/h7-10H,2-4H2,1H3,(H3,22,23,24). The van der Waals surface area contributed by atoms with Crippen molar-refractivity contribution in [2.45, 2.75) is 26.2 Å². The van der Waals surface area contributed by atoms with Crippen LogP contribution in [0, 0.1) is 34.5 Å². The van der Waals surface area contributed by atoms with Crippen molar-refractivity contribution in [2.75, 3.05) is 5.73 Å². The third-order valence-electron chi connectivity index (χ3n) is 3.53. The van der Waals surface area contributed by atoms with E-state index in [4.69, 9.17) is 5.73 Å². The van der Waals surface area contributed by atoms with Crippen molar-refractivity contribution in [3.8, 4) is 35.1 Å². The van der Waals surface area contributed by atoms with Gasteiger partial charge in [0.15, 0.2) is 0 Å². The van der Waals surface area contributed by atoms with Crippen LogP contribution in [0.15, 0.2) is 29.1 Å². The molecule has 0 atom stereocenters. The smallest absolute Gasteiger partial charge is 0.268 e. The molecule has 2 aromatic rings. The predicted octanol–water partition coefficient (Wildman–Crippen LogP) is 2.91. The number of pyridine rings is 1. The van der Waals surface area contributed by atoms with Crippen molar-refractivity contribution >= 4 is 5.82 Å². The van der Waals surface area contributed by atoms with Gasteiger partial charge in [-0.15, -0.1) is 0 Å². The third kappa shape index (κ3) is 3.46. The lowest BCUT2D eigenvalue weighted by atomic mass is 9.96. The van der Waals surface area contributed by atoms with E-state index in [1.54, 1.807) is 24.3 Å². The molecule has 0 fully saturated rings. The molecule has 0 unspecified atom stereocenters. The van der Waals surface area contributed by atoms with Gasteiger partial charge in [0.2, 0.25) is 0 Å². The van der Waals surface area contributed by atoms with E-state index in [2.05, 4.69) is 23.7 Å². The normalized spacial score (nSPS) is 9.46. The van der Waals surface area contributed by atoms with Crippen LogP contribution in [-0.2, 0) is 0 Å². The topological polar surface area (TPSA) is 106 Å². The monoisotopic (exact) mass is 316 g/mol. The van der Waals surface area contributed by atoms with E-state index in [-0.39, 0.29) is 22.5 Å². The molecule has 0 spiro atoms. The van der Waals surface area contributed by atoms with Crippen molar-refractivity contribution in [1.82, 2.24) is 4.98 Å². The van der Waals surface area contributed by atoms with Crippen molar-refractivity contribution in [3.05, 3.63) is 51.3 Å². The number of nitrogens with one attached hydrogen (secondary N) is 1. The average Bonchev–Trinajstić information content (AvgIpc) is 2.59. The number of benzene rings is 1. The Morgan fingerprint density at radius 3 is 2.38 bits per heavy atom. The summed E-state index contributed by atoms with van der Waals surface area (Å²) >= 11 is 0. The molecule has 2 rings (SSSR count). The Labute approximate surface area is 140 Å². The number of unbranched alkanes of at least 4 members (excludes halogenated alkanes) is 2. The van der Waals surface area contributed by atoms with Gasteiger partial charge in [-0.2, -0.15) is 10.5 Å². The van der Waals surface area contributed by atoms with Crippen LogP contribution in [-0.4, -0.2) is 4.98 Å². The van der Waals surface area contributed by atoms with Gasteiger partial charge in [0, 0.05) is 17.5 Å². The second-order valence-electron chi connectivity index (χ2n) is 5.20. The molecule has 0 amide bonds. The number of nitrogens with zero attached hydrogens (tertiary/aromatic N) is 2. The number of hydrogen-bond acceptors (Lipinski definition) is 4. The Bertz CT molecular complexity index is 945. The average molecular weight is 316 g/mol. The quantitative estimate of drug-likeness (QED) is 0.670. The Balaban J connectivity index is 2.50. The molecule has 118 valence electrons. The molecular weight excluding hydrogens is 300 g/mol. The molecule has 1 aromatic carbocycles. The summed E-state index contributed by atoms with van der Waals surface area (Å²) in [6.45, 7) is 2.11. The summed E-state index contributed by atoms with van der Waals surface area (Å²) < 4.78 is 0. The molecule has 0 aliphatic heterocycles. The molecule has 0 aliphatic rings. The van der Waals surface area contributed by atoms with Gasteiger partial charge in [-0.05, 0) is 24.1 Å². The molecular formula is C19H16N4O. The van der Waals surface area contributed by atoms with Gasteiger partial charge in [0.1, 0.15) is 29.1 Å². The Morgan fingerprint density at radius 2 is 1.79 bits per heavy atom. The number of anilines is 1. The Kier molecular flexibility index (Phi) is 5.40. The zero-order valence-corrected chi connectivity index (χ0v) is 13.3. The fourth-order valence-electron chi connectivity index (χ4n) is 2.28. The molecule has 5 heteroatoms. The van der Waals surface area contributed by atoms with Gasteiger partial charge in [-0.25, -0.2) is 0 Å². The van der Waals surface area contributed by atoms with Crippen LogP contribution < -0.4 is 11.3 Å². The number of H-pyrrole nitrogens is 1. The molecule has 0 saturated heterocycles. The Morgan fingerprint density at radius 1 is 1.12 bits per heavy atom. The van der Waals surface area contributed by atoms with Gasteiger partial charge in [-0.1, -0.05) is 37.3 Å². The second-order valence-corrected chi connectivity index (χ2v) is 5.20. The maximum absolute atomic E-state index is 11.9. The Hall–Kier alpha value is -3.49. The van der Waals surface area contributed by atoms with Crippen LogP contribution >= 0.6 is 0 Å². The molecule has 24 heavy (non-hydrogen) atoms. The number of rotatable bonds is 3. The summed E-state index contributed by atoms with van der Waals surface area (Å²) in [7, 11) is 0. The highest BCUT2D eigenvalue weighted by atomic mass is 16.1. The first-order chi connectivity index (χ1) is 11.6. The van der Waals surface area contributed by atoms with E-state index in [1.165, 1.54) is 0 Å². The lowest BCUT2D eigenvalue weighted by Crippen LogP contribution is -2.16. The van der Waals surface area contributed by atoms with Crippen molar-refractivity contribution < 1.29 is 0 Å².